The number of carboxylic acid groups (broad SMARTS) is 1. The Bertz CT molecular complexity index is 818. The van der Waals surface area contributed by atoms with Crippen molar-refractivity contribution < 1.29 is 14.7 Å². The molecule has 0 saturated carbocycles. The first-order valence-electron chi connectivity index (χ1n) is 8.36. The number of anilines is 1. The van der Waals surface area contributed by atoms with Crippen molar-refractivity contribution in [3.8, 4) is 0 Å². The lowest BCUT2D eigenvalue weighted by Gasteiger charge is -2.21. The smallest absolute Gasteiger partial charge is 0.303 e. The highest BCUT2D eigenvalue weighted by molar-refractivity contribution is 5.98. The summed E-state index contributed by atoms with van der Waals surface area (Å²) >= 11 is 0. The maximum atomic E-state index is 12.5. The van der Waals surface area contributed by atoms with E-state index < -0.39 is 5.97 Å². The number of pyridine rings is 1. The van der Waals surface area contributed by atoms with E-state index in [0.717, 1.165) is 5.69 Å². The molecule has 1 N–H and O–H groups in total. The lowest BCUT2D eigenvalue weighted by atomic mass is 9.91. The molecule has 1 fully saturated rings. The fourth-order valence-electron chi connectivity index (χ4n) is 3.40. The standard InChI is InChI=1S/C17H22N6O3/c1-21(2)17(26)12-5-4-6-18-16(12)23-8-11(7-15(24)25)13(9-23)14-10-22(3)20-19-14/h4-6,10-11,13H,7-9H2,1-3H3,(H,24,25)/t11-,13+/m0/s1. The van der Waals surface area contributed by atoms with E-state index in [2.05, 4.69) is 15.3 Å². The molecule has 0 aliphatic carbocycles. The molecule has 0 spiro atoms. The van der Waals surface area contributed by atoms with Crippen LogP contribution in [-0.2, 0) is 11.8 Å². The van der Waals surface area contributed by atoms with Crippen LogP contribution in [0.4, 0.5) is 5.82 Å². The Morgan fingerprint density at radius 3 is 2.73 bits per heavy atom. The predicted molar refractivity (Wildman–Crippen MR) is 94.0 cm³/mol. The Morgan fingerprint density at radius 1 is 1.35 bits per heavy atom. The van der Waals surface area contributed by atoms with Crippen LogP contribution in [0.25, 0.3) is 0 Å². The molecule has 0 bridgehead atoms. The molecule has 0 radical (unpaired) electrons. The van der Waals surface area contributed by atoms with Crippen molar-refractivity contribution in [1.82, 2.24) is 24.9 Å². The van der Waals surface area contributed by atoms with Crippen molar-refractivity contribution in [2.45, 2.75) is 12.3 Å². The van der Waals surface area contributed by atoms with Crippen LogP contribution in [0.3, 0.4) is 0 Å². The summed E-state index contributed by atoms with van der Waals surface area (Å²) in [4.78, 5) is 31.7. The minimum Gasteiger partial charge on any atom is -0.481 e. The molecule has 2 aromatic heterocycles. The van der Waals surface area contributed by atoms with Gasteiger partial charge >= 0.3 is 5.97 Å². The van der Waals surface area contributed by atoms with E-state index in [-0.39, 0.29) is 24.2 Å². The lowest BCUT2D eigenvalue weighted by molar-refractivity contribution is -0.138. The van der Waals surface area contributed by atoms with Crippen molar-refractivity contribution in [1.29, 1.82) is 0 Å². The van der Waals surface area contributed by atoms with E-state index in [9.17, 15) is 14.7 Å². The molecule has 1 aliphatic heterocycles. The second-order valence-corrected chi connectivity index (χ2v) is 6.76. The summed E-state index contributed by atoms with van der Waals surface area (Å²) in [7, 11) is 5.17. The molecule has 3 heterocycles. The number of aliphatic carboxylic acids is 1. The summed E-state index contributed by atoms with van der Waals surface area (Å²) in [6, 6.07) is 3.47. The number of carboxylic acids is 1. The number of aryl methyl sites for hydroxylation is 1. The van der Waals surface area contributed by atoms with Crippen LogP contribution < -0.4 is 4.90 Å². The zero-order chi connectivity index (χ0) is 18.8. The summed E-state index contributed by atoms with van der Waals surface area (Å²) in [6.45, 7) is 1.04. The van der Waals surface area contributed by atoms with Gasteiger partial charge in [0.05, 0.1) is 17.7 Å². The first-order valence-corrected chi connectivity index (χ1v) is 8.36. The van der Waals surface area contributed by atoms with E-state index in [1.807, 2.05) is 11.1 Å². The number of hydrogen-bond donors (Lipinski definition) is 1. The zero-order valence-corrected chi connectivity index (χ0v) is 15.0. The van der Waals surface area contributed by atoms with Gasteiger partial charge < -0.3 is 14.9 Å². The fraction of sp³-hybridized carbons (Fsp3) is 0.471. The van der Waals surface area contributed by atoms with Crippen molar-refractivity contribution >= 4 is 17.7 Å². The van der Waals surface area contributed by atoms with Crippen molar-refractivity contribution in [2.75, 3.05) is 32.1 Å². The number of nitrogens with zero attached hydrogens (tertiary/aromatic N) is 6. The van der Waals surface area contributed by atoms with Gasteiger partial charge in [-0.25, -0.2) is 4.98 Å². The minimum atomic E-state index is -0.851. The van der Waals surface area contributed by atoms with Gasteiger partial charge in [0.15, 0.2) is 0 Å². The number of rotatable bonds is 5. The first-order chi connectivity index (χ1) is 12.4. The highest BCUT2D eigenvalue weighted by Gasteiger charge is 2.38. The van der Waals surface area contributed by atoms with Crippen molar-refractivity contribution in [2.24, 2.45) is 13.0 Å². The maximum absolute atomic E-state index is 12.5. The molecule has 2 atom stereocenters. The highest BCUT2D eigenvalue weighted by atomic mass is 16.4. The minimum absolute atomic E-state index is 0.0293. The topological polar surface area (TPSA) is 104 Å². The molecule has 1 amide bonds. The molecule has 2 aromatic rings. The van der Waals surface area contributed by atoms with Crippen LogP contribution in [0, 0.1) is 5.92 Å². The highest BCUT2D eigenvalue weighted by Crippen LogP contribution is 2.36. The van der Waals surface area contributed by atoms with Gasteiger partial charge in [0.1, 0.15) is 5.82 Å². The molecule has 0 aromatic carbocycles. The second-order valence-electron chi connectivity index (χ2n) is 6.76. The quantitative estimate of drug-likeness (QED) is 0.835. The molecule has 1 aliphatic rings. The number of aromatic nitrogens is 4. The Morgan fingerprint density at radius 2 is 2.12 bits per heavy atom. The summed E-state index contributed by atoms with van der Waals surface area (Å²) < 4.78 is 1.61. The van der Waals surface area contributed by atoms with Crippen LogP contribution in [-0.4, -0.2) is 69.0 Å². The van der Waals surface area contributed by atoms with E-state index in [1.54, 1.807) is 44.2 Å². The number of hydrogen-bond acceptors (Lipinski definition) is 6. The summed E-state index contributed by atoms with van der Waals surface area (Å²) in [5, 5.41) is 17.4. The Kier molecular flexibility index (Phi) is 4.88. The van der Waals surface area contributed by atoms with Crippen molar-refractivity contribution in [3.05, 3.63) is 35.8 Å². The molecule has 1 saturated heterocycles. The van der Waals surface area contributed by atoms with Crippen LogP contribution in [0.15, 0.2) is 24.5 Å². The average Bonchev–Trinajstić information content (AvgIpc) is 3.19. The molecule has 9 heteroatoms. The molecular weight excluding hydrogens is 336 g/mol. The van der Waals surface area contributed by atoms with Gasteiger partial charge in [-0.15, -0.1) is 5.10 Å². The maximum Gasteiger partial charge on any atom is 0.303 e. The van der Waals surface area contributed by atoms with E-state index >= 15 is 0 Å². The van der Waals surface area contributed by atoms with Crippen molar-refractivity contribution in [3.63, 3.8) is 0 Å². The molecule has 26 heavy (non-hydrogen) atoms. The van der Waals surface area contributed by atoms with E-state index in [4.69, 9.17) is 0 Å². The Balaban J connectivity index is 1.93. The van der Waals surface area contributed by atoms with E-state index in [1.165, 1.54) is 4.90 Å². The predicted octanol–water partition coefficient (Wildman–Crippen LogP) is 0.607. The van der Waals surface area contributed by atoms with E-state index in [0.29, 0.717) is 24.5 Å². The lowest BCUT2D eigenvalue weighted by Crippen LogP contribution is -2.28. The third kappa shape index (κ3) is 3.51. The van der Waals surface area contributed by atoms with Gasteiger partial charge in [-0.05, 0) is 18.1 Å². The van der Waals surface area contributed by atoms with Gasteiger partial charge in [-0.3, -0.25) is 14.3 Å². The van der Waals surface area contributed by atoms with Crippen LogP contribution in [0.2, 0.25) is 0 Å². The van der Waals surface area contributed by atoms with Gasteiger partial charge in [-0.1, -0.05) is 5.21 Å². The number of carbonyl (C=O) groups is 2. The van der Waals surface area contributed by atoms with Crippen LogP contribution in [0.1, 0.15) is 28.4 Å². The summed E-state index contributed by atoms with van der Waals surface area (Å²) in [5.41, 5.74) is 1.27. The zero-order valence-electron chi connectivity index (χ0n) is 15.0. The average molecular weight is 358 g/mol. The molecule has 138 valence electrons. The molecule has 9 nitrogen and oxygen atoms in total. The third-order valence-corrected chi connectivity index (χ3v) is 4.60. The monoisotopic (exact) mass is 358 g/mol. The third-order valence-electron chi connectivity index (χ3n) is 4.60. The molecular formula is C17H22N6O3. The summed E-state index contributed by atoms with van der Waals surface area (Å²) in [5.74, 6) is -0.618. The van der Waals surface area contributed by atoms with Crippen LogP contribution >= 0.6 is 0 Å². The number of amides is 1. The van der Waals surface area contributed by atoms with Gasteiger partial charge in [-0.2, -0.15) is 0 Å². The first kappa shape index (κ1) is 17.8. The summed E-state index contributed by atoms with van der Waals surface area (Å²) in [6.07, 6.45) is 3.48. The Hall–Kier alpha value is -2.97. The fourth-order valence-corrected chi connectivity index (χ4v) is 3.40. The Labute approximate surface area is 151 Å². The second kappa shape index (κ2) is 7.11. The SMILES string of the molecule is CN(C)C(=O)c1cccnc1N1C[C@H](CC(=O)O)[C@H](c2cn(C)nn2)C1. The molecule has 0 unspecified atom stereocenters. The van der Waals surface area contributed by atoms with Gasteiger partial charge in [0.25, 0.3) is 5.91 Å². The normalized spacial score (nSPS) is 19.6. The van der Waals surface area contributed by atoms with Gasteiger partial charge in [0.2, 0.25) is 0 Å². The van der Waals surface area contributed by atoms with Crippen LogP contribution in [0.5, 0.6) is 0 Å². The number of carbonyl (C=O) groups excluding carboxylic acids is 1. The molecule has 3 rings (SSSR count). The van der Waals surface area contributed by atoms with Gasteiger partial charge in [0, 0.05) is 52.5 Å². The largest absolute Gasteiger partial charge is 0.481 e.